The lowest BCUT2D eigenvalue weighted by Gasteiger charge is -2.24. The van der Waals surface area contributed by atoms with E-state index in [2.05, 4.69) is 15.0 Å². The van der Waals surface area contributed by atoms with E-state index >= 15 is 0 Å². The molecule has 182 valence electrons. The van der Waals surface area contributed by atoms with Gasteiger partial charge in [-0.2, -0.15) is 0 Å². The Balaban J connectivity index is 1.88. The van der Waals surface area contributed by atoms with Crippen LogP contribution in [0.3, 0.4) is 0 Å². The monoisotopic (exact) mass is 487 g/mol. The number of nitrogens with one attached hydrogen (secondary N) is 2. The number of anilines is 1. The molecule has 0 radical (unpaired) electrons. The number of aliphatic hydroxyl groups excluding tert-OH is 1. The number of pyridine rings is 1. The van der Waals surface area contributed by atoms with Crippen LogP contribution in [0.25, 0.3) is 0 Å². The molecule has 3 aromatic rings. The molecule has 2 atom stereocenters. The van der Waals surface area contributed by atoms with Gasteiger partial charge in [-0.3, -0.25) is 4.72 Å². The number of aliphatic hydroxyl groups is 1. The SMILES string of the molecule is COc1ccnc(OC)c1C(Cc1ccccc1)NC[C@@H](O)c1ccc(O)c(NS(C)(=O)=O)c1. The molecule has 0 aliphatic rings. The Kier molecular flexibility index (Phi) is 8.32. The molecule has 3 rings (SSSR count). The Bertz CT molecular complexity index is 1180. The van der Waals surface area contributed by atoms with E-state index in [1.807, 2.05) is 30.3 Å². The van der Waals surface area contributed by atoms with Gasteiger partial charge in [-0.25, -0.2) is 13.4 Å². The molecular formula is C24H29N3O6S. The largest absolute Gasteiger partial charge is 0.506 e. The predicted molar refractivity (Wildman–Crippen MR) is 130 cm³/mol. The van der Waals surface area contributed by atoms with Gasteiger partial charge in [0.2, 0.25) is 15.9 Å². The fraction of sp³-hybridized carbons (Fsp3) is 0.292. The number of rotatable bonds is 11. The maximum Gasteiger partial charge on any atom is 0.229 e. The van der Waals surface area contributed by atoms with Crippen LogP contribution in [-0.2, 0) is 16.4 Å². The van der Waals surface area contributed by atoms with Crippen molar-refractivity contribution in [1.29, 1.82) is 0 Å². The summed E-state index contributed by atoms with van der Waals surface area (Å²) in [6.45, 7) is 0.127. The highest BCUT2D eigenvalue weighted by atomic mass is 32.2. The lowest BCUT2D eigenvalue weighted by atomic mass is 9.98. The van der Waals surface area contributed by atoms with Gasteiger partial charge >= 0.3 is 0 Å². The zero-order valence-electron chi connectivity index (χ0n) is 19.2. The molecule has 4 N–H and O–H groups in total. The summed E-state index contributed by atoms with van der Waals surface area (Å²) in [5, 5.41) is 24.2. The third kappa shape index (κ3) is 6.60. The summed E-state index contributed by atoms with van der Waals surface area (Å²) in [6.07, 6.45) is 2.16. The lowest BCUT2D eigenvalue weighted by Crippen LogP contribution is -2.29. The summed E-state index contributed by atoms with van der Waals surface area (Å²) in [4.78, 5) is 4.31. The molecule has 0 saturated heterocycles. The van der Waals surface area contributed by atoms with Crippen molar-refractivity contribution in [2.45, 2.75) is 18.6 Å². The van der Waals surface area contributed by atoms with E-state index in [0.717, 1.165) is 11.8 Å². The standard InChI is InChI=1S/C24H29N3O6S/c1-32-22-11-12-25-24(33-2)23(22)19(13-16-7-5-4-6-8-16)26-15-21(29)17-9-10-20(28)18(14-17)27-34(3,30)31/h4-12,14,19,21,26-29H,13,15H2,1-3H3/t19?,21-/m1/s1. The van der Waals surface area contributed by atoms with Crippen molar-refractivity contribution in [3.8, 4) is 17.4 Å². The number of aromatic nitrogens is 1. The fourth-order valence-corrected chi connectivity index (χ4v) is 4.20. The number of methoxy groups -OCH3 is 2. The summed E-state index contributed by atoms with van der Waals surface area (Å²) in [5.41, 5.74) is 2.20. The Morgan fingerprint density at radius 2 is 1.79 bits per heavy atom. The molecule has 34 heavy (non-hydrogen) atoms. The highest BCUT2D eigenvalue weighted by Gasteiger charge is 2.24. The van der Waals surface area contributed by atoms with Crippen LogP contribution >= 0.6 is 0 Å². The van der Waals surface area contributed by atoms with Gasteiger partial charge < -0.3 is 25.0 Å². The summed E-state index contributed by atoms with van der Waals surface area (Å²) in [5.74, 6) is 0.770. The smallest absolute Gasteiger partial charge is 0.229 e. The Morgan fingerprint density at radius 3 is 2.44 bits per heavy atom. The third-order valence-corrected chi connectivity index (χ3v) is 5.81. The Labute approximate surface area is 199 Å². The van der Waals surface area contributed by atoms with E-state index in [9.17, 15) is 18.6 Å². The maximum atomic E-state index is 11.6. The first kappa shape index (κ1) is 25.3. The quantitative estimate of drug-likeness (QED) is 0.304. The van der Waals surface area contributed by atoms with Crippen LogP contribution in [0.1, 0.15) is 28.8 Å². The normalized spacial score (nSPS) is 13.2. The maximum absolute atomic E-state index is 11.6. The van der Waals surface area contributed by atoms with Crippen LogP contribution in [-0.4, -0.2) is 50.6 Å². The molecular weight excluding hydrogens is 458 g/mol. The highest BCUT2D eigenvalue weighted by molar-refractivity contribution is 7.92. The number of sulfonamides is 1. The Morgan fingerprint density at radius 1 is 1.06 bits per heavy atom. The summed E-state index contributed by atoms with van der Waals surface area (Å²) in [6, 6.07) is 15.5. The minimum absolute atomic E-state index is 0.00418. The van der Waals surface area contributed by atoms with Crippen molar-refractivity contribution in [1.82, 2.24) is 10.3 Å². The molecule has 0 amide bonds. The van der Waals surface area contributed by atoms with Crippen LogP contribution in [0.5, 0.6) is 17.4 Å². The zero-order chi connectivity index (χ0) is 24.7. The second-order valence-electron chi connectivity index (χ2n) is 7.75. The van der Waals surface area contributed by atoms with Gasteiger partial charge in [-0.05, 0) is 35.7 Å². The number of hydrogen-bond acceptors (Lipinski definition) is 8. The minimum atomic E-state index is -3.60. The van der Waals surface area contributed by atoms with Crippen LogP contribution < -0.4 is 19.5 Å². The molecule has 0 saturated carbocycles. The first-order chi connectivity index (χ1) is 16.2. The van der Waals surface area contributed by atoms with Crippen LogP contribution in [0.2, 0.25) is 0 Å². The van der Waals surface area contributed by atoms with Gasteiger partial charge in [0.1, 0.15) is 11.5 Å². The summed E-state index contributed by atoms with van der Waals surface area (Å²) >= 11 is 0. The zero-order valence-corrected chi connectivity index (χ0v) is 20.0. The number of benzene rings is 2. The van der Waals surface area contributed by atoms with Crippen molar-refractivity contribution in [3.05, 3.63) is 77.5 Å². The van der Waals surface area contributed by atoms with Crippen molar-refractivity contribution in [2.75, 3.05) is 31.7 Å². The molecule has 0 bridgehead atoms. The van der Waals surface area contributed by atoms with E-state index in [4.69, 9.17) is 9.47 Å². The number of phenols is 1. The average Bonchev–Trinajstić information content (AvgIpc) is 2.82. The van der Waals surface area contributed by atoms with Crippen molar-refractivity contribution in [3.63, 3.8) is 0 Å². The van der Waals surface area contributed by atoms with Gasteiger partial charge in [0.25, 0.3) is 0 Å². The van der Waals surface area contributed by atoms with Crippen molar-refractivity contribution < 1.29 is 28.1 Å². The van der Waals surface area contributed by atoms with Gasteiger partial charge in [-0.15, -0.1) is 0 Å². The molecule has 0 spiro atoms. The van der Waals surface area contributed by atoms with Crippen LogP contribution in [0, 0.1) is 0 Å². The highest BCUT2D eigenvalue weighted by Crippen LogP contribution is 2.35. The number of nitrogens with zero attached hydrogens (tertiary/aromatic N) is 1. The van der Waals surface area contributed by atoms with E-state index in [0.29, 0.717) is 29.2 Å². The topological polar surface area (TPSA) is 130 Å². The van der Waals surface area contributed by atoms with Gasteiger partial charge in [0.15, 0.2) is 0 Å². The van der Waals surface area contributed by atoms with E-state index in [1.165, 1.54) is 25.3 Å². The molecule has 1 aromatic heterocycles. The van der Waals surface area contributed by atoms with Crippen molar-refractivity contribution in [2.24, 2.45) is 0 Å². The van der Waals surface area contributed by atoms with Gasteiger partial charge in [0.05, 0.1) is 37.8 Å². The number of ether oxygens (including phenoxy) is 2. The molecule has 9 nitrogen and oxygen atoms in total. The Hall–Kier alpha value is -3.34. The summed E-state index contributed by atoms with van der Waals surface area (Å²) < 4.78 is 36.4. The number of hydrogen-bond donors (Lipinski definition) is 4. The van der Waals surface area contributed by atoms with E-state index < -0.39 is 16.1 Å². The van der Waals surface area contributed by atoms with Gasteiger partial charge in [-0.1, -0.05) is 36.4 Å². The fourth-order valence-electron chi connectivity index (χ4n) is 3.64. The average molecular weight is 488 g/mol. The lowest BCUT2D eigenvalue weighted by molar-refractivity contribution is 0.169. The van der Waals surface area contributed by atoms with Crippen LogP contribution in [0.15, 0.2) is 60.8 Å². The van der Waals surface area contributed by atoms with Gasteiger partial charge in [0, 0.05) is 18.8 Å². The second-order valence-corrected chi connectivity index (χ2v) is 9.50. The summed E-state index contributed by atoms with van der Waals surface area (Å²) in [7, 11) is -0.493. The molecule has 0 aliphatic carbocycles. The van der Waals surface area contributed by atoms with E-state index in [1.54, 1.807) is 19.4 Å². The van der Waals surface area contributed by atoms with Crippen LogP contribution in [0.4, 0.5) is 5.69 Å². The minimum Gasteiger partial charge on any atom is -0.506 e. The first-order valence-corrected chi connectivity index (χ1v) is 12.4. The number of phenolic OH excluding ortho intramolecular Hbond substituents is 1. The molecule has 1 heterocycles. The molecule has 2 aromatic carbocycles. The first-order valence-electron chi connectivity index (χ1n) is 10.5. The molecule has 0 fully saturated rings. The third-order valence-electron chi connectivity index (χ3n) is 5.22. The van der Waals surface area contributed by atoms with E-state index in [-0.39, 0.29) is 24.0 Å². The predicted octanol–water partition coefficient (Wildman–Crippen LogP) is 2.78. The molecule has 1 unspecified atom stereocenters. The number of aromatic hydroxyl groups is 1. The molecule has 10 heteroatoms. The molecule has 0 aliphatic heterocycles. The van der Waals surface area contributed by atoms with Crippen molar-refractivity contribution >= 4 is 15.7 Å². The second kappa shape index (κ2) is 11.2.